The third-order valence-corrected chi connectivity index (χ3v) is 9.26. The van der Waals surface area contributed by atoms with Gasteiger partial charge in [0, 0.05) is 5.75 Å². The molecular formula is C23H35N6O9PS. The van der Waals surface area contributed by atoms with Crippen LogP contribution in [0.3, 0.4) is 0 Å². The third kappa shape index (κ3) is 6.34. The lowest BCUT2D eigenvalue weighted by Gasteiger charge is -2.35. The Kier molecular flexibility index (Phi) is 8.93. The second-order valence-electron chi connectivity index (χ2n) is 10.8. The number of rotatable bonds is 10. The van der Waals surface area contributed by atoms with Gasteiger partial charge in [-0.2, -0.15) is 4.98 Å². The van der Waals surface area contributed by atoms with Crippen molar-refractivity contribution in [3.8, 4) is 0 Å². The van der Waals surface area contributed by atoms with Gasteiger partial charge in [-0.15, -0.1) is 0 Å². The monoisotopic (exact) mass is 602 g/mol. The van der Waals surface area contributed by atoms with Crippen molar-refractivity contribution in [3.05, 3.63) is 12.5 Å². The summed E-state index contributed by atoms with van der Waals surface area (Å²) in [6.45, 7) is 7.94. The summed E-state index contributed by atoms with van der Waals surface area (Å²) in [5.41, 5.74) is 9.63. The summed E-state index contributed by atoms with van der Waals surface area (Å²) in [6.07, 6.45) is 0.0586. The molecule has 0 spiro atoms. The van der Waals surface area contributed by atoms with Crippen LogP contribution in [0.2, 0.25) is 0 Å². The average molecular weight is 603 g/mol. The lowest BCUT2D eigenvalue weighted by Crippen LogP contribution is -2.47. The van der Waals surface area contributed by atoms with Gasteiger partial charge in [0.2, 0.25) is 5.95 Å². The van der Waals surface area contributed by atoms with E-state index in [1.807, 2.05) is 0 Å². The Hall–Kier alpha value is -2.17. The van der Waals surface area contributed by atoms with Gasteiger partial charge < -0.3 is 26.0 Å². The van der Waals surface area contributed by atoms with Gasteiger partial charge in [-0.1, -0.05) is 25.6 Å². The summed E-state index contributed by atoms with van der Waals surface area (Å²) in [5.74, 6) is -0.507. The van der Waals surface area contributed by atoms with Crippen molar-refractivity contribution in [2.45, 2.75) is 64.7 Å². The molecule has 0 amide bonds. The molecule has 0 aromatic carbocycles. The largest absolute Gasteiger partial charge is 0.475 e. The Bertz CT molecular complexity index is 1300. The second-order valence-corrected chi connectivity index (χ2v) is 13.5. The fourth-order valence-electron chi connectivity index (χ4n) is 4.11. The van der Waals surface area contributed by atoms with Crippen molar-refractivity contribution in [1.29, 1.82) is 0 Å². The van der Waals surface area contributed by atoms with Gasteiger partial charge in [-0.25, -0.2) is 14.5 Å². The molecular weight excluding hydrogens is 567 g/mol. The third-order valence-electron chi connectivity index (χ3n) is 6.63. The van der Waals surface area contributed by atoms with Crippen LogP contribution in [0, 0.1) is 11.3 Å². The molecule has 0 unspecified atom stereocenters. The first kappa shape index (κ1) is 30.8. The molecule has 0 saturated carbocycles. The number of esters is 1. The van der Waals surface area contributed by atoms with Gasteiger partial charge >= 0.3 is 13.8 Å². The smallest absolute Gasteiger partial charge is 0.463 e. The number of fused-ring (bicyclic) bond motifs is 2. The van der Waals surface area contributed by atoms with Crippen molar-refractivity contribution >= 4 is 47.8 Å². The quantitative estimate of drug-likeness (QED) is 0.199. The average Bonchev–Trinajstić information content (AvgIpc) is 3.41. The molecule has 2 aliphatic rings. The van der Waals surface area contributed by atoms with E-state index in [1.165, 1.54) is 24.0 Å². The van der Waals surface area contributed by atoms with Crippen LogP contribution in [0.5, 0.6) is 0 Å². The van der Waals surface area contributed by atoms with Crippen molar-refractivity contribution in [3.63, 3.8) is 0 Å². The number of phosphoric acid groups is 1. The molecule has 2 aromatic rings. The lowest BCUT2D eigenvalue weighted by molar-refractivity contribution is -0.150. The number of aromatic nitrogens is 4. The van der Waals surface area contributed by atoms with Crippen LogP contribution in [0.25, 0.3) is 11.2 Å². The minimum atomic E-state index is -4.09. The van der Waals surface area contributed by atoms with E-state index < -0.39 is 49.3 Å². The number of hydrogen-bond acceptors (Lipinski definition) is 15. The standard InChI is InChI=1S/C23H35N6O9PS/c1-12(2)15(24)18(30)34-10-22(3,4)20(31)40-7-6-35-39(33)36-9-14-16(38-39)23(5,32)19(37-14)29-11-27-13-8-26-21(25)28-17(13)29/h8,11-12,14-16,19,32H,6-7,9-10,24H2,1-5H3,(H2,25,26,28)/t14-,15+,16-,19-,23-,39+/m1/s1. The van der Waals surface area contributed by atoms with Gasteiger partial charge in [0.1, 0.15) is 36.0 Å². The number of hydrogen-bond donors (Lipinski definition) is 3. The molecule has 0 aliphatic carbocycles. The van der Waals surface area contributed by atoms with Crippen LogP contribution in [-0.4, -0.2) is 85.1 Å². The summed E-state index contributed by atoms with van der Waals surface area (Å²) >= 11 is 0.932. The van der Waals surface area contributed by atoms with E-state index in [4.69, 9.17) is 34.5 Å². The molecule has 222 valence electrons. The van der Waals surface area contributed by atoms with E-state index in [9.17, 15) is 19.3 Å². The minimum Gasteiger partial charge on any atom is -0.463 e. The summed E-state index contributed by atoms with van der Waals surface area (Å²) in [5, 5.41) is 11.1. The summed E-state index contributed by atoms with van der Waals surface area (Å²) in [4.78, 5) is 37.0. The van der Waals surface area contributed by atoms with Crippen LogP contribution in [0.1, 0.15) is 40.8 Å². The summed E-state index contributed by atoms with van der Waals surface area (Å²) < 4.78 is 42.3. The molecule has 2 saturated heterocycles. The molecule has 4 heterocycles. The number of nitrogens with two attached hydrogens (primary N) is 2. The Morgan fingerprint density at radius 2 is 2.10 bits per heavy atom. The van der Waals surface area contributed by atoms with E-state index in [0.717, 1.165) is 11.8 Å². The molecule has 6 atom stereocenters. The number of carbonyl (C=O) groups excluding carboxylic acids is 2. The second kappa shape index (κ2) is 11.6. The Morgan fingerprint density at radius 1 is 1.38 bits per heavy atom. The molecule has 2 aromatic heterocycles. The maximum Gasteiger partial charge on any atom is 0.475 e. The van der Waals surface area contributed by atoms with Crippen LogP contribution < -0.4 is 11.5 Å². The Labute approximate surface area is 235 Å². The number of carbonyl (C=O) groups is 2. The van der Waals surface area contributed by atoms with Crippen molar-refractivity contribution in [1.82, 2.24) is 19.5 Å². The molecule has 40 heavy (non-hydrogen) atoms. The zero-order chi connectivity index (χ0) is 29.5. The highest BCUT2D eigenvalue weighted by Gasteiger charge is 2.60. The molecule has 2 fully saturated rings. The fourth-order valence-corrected chi connectivity index (χ4v) is 6.50. The topological polar surface area (TPSA) is 213 Å². The van der Waals surface area contributed by atoms with Gasteiger partial charge in [-0.3, -0.25) is 27.7 Å². The zero-order valence-electron chi connectivity index (χ0n) is 22.9. The number of phosphoric ester groups is 1. The van der Waals surface area contributed by atoms with E-state index in [0.29, 0.717) is 11.2 Å². The van der Waals surface area contributed by atoms with Crippen LogP contribution >= 0.6 is 19.6 Å². The van der Waals surface area contributed by atoms with Crippen LogP contribution in [-0.2, 0) is 37.2 Å². The molecule has 5 N–H and O–H groups in total. The highest BCUT2D eigenvalue weighted by Crippen LogP contribution is 2.58. The molecule has 15 nitrogen and oxygen atoms in total. The van der Waals surface area contributed by atoms with Crippen molar-refractivity contribution in [2.75, 3.05) is 31.3 Å². The number of ether oxygens (including phenoxy) is 2. The lowest BCUT2D eigenvalue weighted by atomic mass is 9.96. The predicted molar refractivity (Wildman–Crippen MR) is 144 cm³/mol. The zero-order valence-corrected chi connectivity index (χ0v) is 24.6. The number of nitrogen functional groups attached to an aromatic ring is 1. The van der Waals surface area contributed by atoms with Crippen LogP contribution in [0.4, 0.5) is 5.95 Å². The first-order valence-corrected chi connectivity index (χ1v) is 15.1. The normalized spacial score (nSPS) is 29.4. The molecule has 17 heteroatoms. The number of nitrogens with zero attached hydrogens (tertiary/aromatic N) is 4. The SMILES string of the molecule is CC(C)[C@H](N)C(=O)OCC(C)(C)C(=O)SCCO[P@@]1(=O)OC[C@H]2O[C@@H](n3cnc4cnc(N)nc43)[C@](C)(O)[C@@H]2O1. The molecule has 2 aliphatic heterocycles. The van der Waals surface area contributed by atoms with E-state index >= 15 is 0 Å². The number of thioether (sulfide) groups is 1. The van der Waals surface area contributed by atoms with Crippen molar-refractivity contribution in [2.24, 2.45) is 17.1 Å². The first-order chi connectivity index (χ1) is 18.6. The van der Waals surface area contributed by atoms with Gasteiger partial charge in [-0.05, 0) is 26.7 Å². The maximum absolute atomic E-state index is 13.2. The number of anilines is 1. The van der Waals surface area contributed by atoms with E-state index in [1.54, 1.807) is 27.7 Å². The minimum absolute atomic E-state index is 0.0258. The Balaban J connectivity index is 1.30. The van der Waals surface area contributed by atoms with Gasteiger partial charge in [0.25, 0.3) is 0 Å². The van der Waals surface area contributed by atoms with Gasteiger partial charge in [0.05, 0.1) is 31.2 Å². The summed E-state index contributed by atoms with van der Waals surface area (Å²) in [6, 6.07) is -0.771. The van der Waals surface area contributed by atoms with Crippen LogP contribution in [0.15, 0.2) is 12.5 Å². The predicted octanol–water partition coefficient (Wildman–Crippen LogP) is 1.41. The van der Waals surface area contributed by atoms with Crippen molar-refractivity contribution < 1.29 is 42.3 Å². The molecule has 4 rings (SSSR count). The maximum atomic E-state index is 13.2. The first-order valence-electron chi connectivity index (χ1n) is 12.6. The van der Waals surface area contributed by atoms with Gasteiger partial charge in [0.15, 0.2) is 17.0 Å². The Morgan fingerprint density at radius 3 is 2.80 bits per heavy atom. The number of imidazole rings is 1. The fraction of sp³-hybridized carbons (Fsp3) is 0.696. The van der Waals surface area contributed by atoms with E-state index in [-0.39, 0.29) is 42.6 Å². The molecule has 0 bridgehead atoms. The highest BCUT2D eigenvalue weighted by atomic mass is 32.2. The summed E-state index contributed by atoms with van der Waals surface area (Å²) in [7, 11) is -4.09. The van der Waals surface area contributed by atoms with E-state index in [2.05, 4.69) is 15.0 Å². The highest BCUT2D eigenvalue weighted by molar-refractivity contribution is 8.13. The number of aliphatic hydroxyl groups is 1. The molecule has 0 radical (unpaired) electrons.